The number of amides is 2. The third kappa shape index (κ3) is 6.74. The van der Waals surface area contributed by atoms with Gasteiger partial charge in [-0.25, -0.2) is 18.0 Å². The van der Waals surface area contributed by atoms with E-state index in [9.17, 15) is 27.6 Å². The molecule has 4 N–H and O–H groups in total. The molecule has 10 nitrogen and oxygen atoms in total. The molecule has 0 spiro atoms. The molecule has 0 aromatic carbocycles. The number of rotatable bonds is 6. The lowest BCUT2D eigenvalue weighted by Gasteiger charge is -2.19. The molecule has 1 heterocycles. The third-order valence-electron chi connectivity index (χ3n) is 2.76. The predicted octanol–water partition coefficient (Wildman–Crippen LogP) is -2.33. The SMILES string of the molecule is O=C(O)/C=C/C(=O)N[C@@H]1CS(=O)(=O)C[C@H]1NC(=O)/C=C/C(=O)O. The zero-order chi connectivity index (χ0) is 17.6. The maximum Gasteiger partial charge on any atom is 0.328 e. The van der Waals surface area contributed by atoms with Gasteiger partial charge in [0.15, 0.2) is 9.84 Å². The molecule has 2 amide bonds. The van der Waals surface area contributed by atoms with Crippen molar-refractivity contribution in [3.05, 3.63) is 24.3 Å². The van der Waals surface area contributed by atoms with Crippen LogP contribution in [0.4, 0.5) is 0 Å². The van der Waals surface area contributed by atoms with Gasteiger partial charge >= 0.3 is 11.9 Å². The number of hydrogen-bond donors (Lipinski definition) is 4. The Balaban J connectivity index is 2.75. The fourth-order valence-electron chi connectivity index (χ4n) is 1.89. The highest BCUT2D eigenvalue weighted by Crippen LogP contribution is 2.13. The first-order valence-electron chi connectivity index (χ1n) is 6.22. The monoisotopic (exact) mass is 346 g/mol. The van der Waals surface area contributed by atoms with E-state index >= 15 is 0 Å². The Morgan fingerprint density at radius 3 is 1.43 bits per heavy atom. The second-order valence-electron chi connectivity index (χ2n) is 4.65. The quantitative estimate of drug-likeness (QED) is 0.388. The molecular formula is C12H14N2O8S. The van der Waals surface area contributed by atoms with Crippen LogP contribution in [0, 0.1) is 0 Å². The molecule has 1 fully saturated rings. The molecule has 1 saturated heterocycles. The number of nitrogens with one attached hydrogen (secondary N) is 2. The van der Waals surface area contributed by atoms with E-state index in [1.807, 2.05) is 0 Å². The summed E-state index contributed by atoms with van der Waals surface area (Å²) < 4.78 is 23.2. The minimum atomic E-state index is -3.51. The molecule has 0 radical (unpaired) electrons. The molecule has 1 aliphatic heterocycles. The highest BCUT2D eigenvalue weighted by Gasteiger charge is 2.38. The lowest BCUT2D eigenvalue weighted by atomic mass is 10.1. The van der Waals surface area contributed by atoms with Crippen molar-refractivity contribution >= 4 is 33.6 Å². The summed E-state index contributed by atoms with van der Waals surface area (Å²) in [5.74, 6) is -5.18. The highest BCUT2D eigenvalue weighted by atomic mass is 32.2. The topological polar surface area (TPSA) is 167 Å². The molecule has 1 rings (SSSR count). The van der Waals surface area contributed by atoms with E-state index in [1.165, 1.54) is 0 Å². The molecule has 126 valence electrons. The van der Waals surface area contributed by atoms with Gasteiger partial charge in [0.05, 0.1) is 23.6 Å². The Bertz CT molecular complexity index is 627. The Labute approximate surface area is 130 Å². The van der Waals surface area contributed by atoms with Crippen LogP contribution in [0.25, 0.3) is 0 Å². The summed E-state index contributed by atoms with van der Waals surface area (Å²) in [7, 11) is -3.51. The Morgan fingerprint density at radius 2 is 1.13 bits per heavy atom. The van der Waals surface area contributed by atoms with Gasteiger partial charge in [-0.15, -0.1) is 0 Å². The van der Waals surface area contributed by atoms with Crippen molar-refractivity contribution in [1.29, 1.82) is 0 Å². The van der Waals surface area contributed by atoms with Crippen LogP contribution < -0.4 is 10.6 Å². The van der Waals surface area contributed by atoms with Crippen molar-refractivity contribution in [1.82, 2.24) is 10.6 Å². The van der Waals surface area contributed by atoms with E-state index in [0.717, 1.165) is 12.2 Å². The molecule has 0 saturated carbocycles. The molecule has 23 heavy (non-hydrogen) atoms. The molecule has 2 atom stereocenters. The maximum absolute atomic E-state index is 11.6. The van der Waals surface area contributed by atoms with Crippen LogP contribution in [0.15, 0.2) is 24.3 Å². The van der Waals surface area contributed by atoms with Crippen LogP contribution in [0.1, 0.15) is 0 Å². The van der Waals surface area contributed by atoms with Gasteiger partial charge in [0.1, 0.15) is 0 Å². The first kappa shape index (κ1) is 18.4. The van der Waals surface area contributed by atoms with Gasteiger partial charge in [-0.2, -0.15) is 0 Å². The molecule has 1 aliphatic rings. The first-order chi connectivity index (χ1) is 10.6. The Morgan fingerprint density at radius 1 is 0.783 bits per heavy atom. The van der Waals surface area contributed by atoms with Gasteiger partial charge in [0.2, 0.25) is 11.8 Å². The lowest BCUT2D eigenvalue weighted by Crippen LogP contribution is -2.50. The highest BCUT2D eigenvalue weighted by molar-refractivity contribution is 7.91. The zero-order valence-corrected chi connectivity index (χ0v) is 12.4. The van der Waals surface area contributed by atoms with E-state index in [0.29, 0.717) is 12.2 Å². The summed E-state index contributed by atoms with van der Waals surface area (Å²) in [5, 5.41) is 21.4. The van der Waals surface area contributed by atoms with Gasteiger partial charge in [0.25, 0.3) is 0 Å². The van der Waals surface area contributed by atoms with Crippen LogP contribution >= 0.6 is 0 Å². The van der Waals surface area contributed by atoms with Gasteiger partial charge in [0, 0.05) is 24.3 Å². The second-order valence-corrected chi connectivity index (χ2v) is 6.80. The number of hydrogen-bond acceptors (Lipinski definition) is 6. The zero-order valence-electron chi connectivity index (χ0n) is 11.6. The van der Waals surface area contributed by atoms with Gasteiger partial charge < -0.3 is 20.8 Å². The molecule has 0 aromatic rings. The summed E-state index contributed by atoms with van der Waals surface area (Å²) in [6.45, 7) is 0. The number of carboxylic acid groups (broad SMARTS) is 2. The molecule has 0 aromatic heterocycles. The van der Waals surface area contributed by atoms with E-state index < -0.39 is 57.2 Å². The number of aliphatic carboxylic acids is 2. The standard InChI is InChI=1S/C12H14N2O8S/c15-9(1-3-11(17)18)13-7-5-23(21,22)6-8(7)14-10(16)2-4-12(19)20/h1-4,7-8H,5-6H2,(H,13,15)(H,14,16)(H,17,18)(H,19,20)/b3-1+,4-2+/t7-,8-/m1/s1. The van der Waals surface area contributed by atoms with E-state index in [2.05, 4.69) is 10.6 Å². The number of carboxylic acids is 2. The number of carbonyl (C=O) groups is 4. The number of carbonyl (C=O) groups excluding carboxylic acids is 2. The maximum atomic E-state index is 11.6. The van der Waals surface area contributed by atoms with Crippen molar-refractivity contribution in [2.75, 3.05) is 11.5 Å². The minimum Gasteiger partial charge on any atom is -0.478 e. The summed E-state index contributed by atoms with van der Waals surface area (Å²) >= 11 is 0. The van der Waals surface area contributed by atoms with Crippen molar-refractivity contribution in [2.45, 2.75) is 12.1 Å². The summed E-state index contributed by atoms with van der Waals surface area (Å²) in [5.41, 5.74) is 0. The van der Waals surface area contributed by atoms with Gasteiger partial charge in [-0.05, 0) is 0 Å². The summed E-state index contributed by atoms with van der Waals surface area (Å²) in [6, 6.07) is -1.90. The summed E-state index contributed by atoms with van der Waals surface area (Å²) in [6.07, 6.45) is 2.61. The summed E-state index contributed by atoms with van der Waals surface area (Å²) in [4.78, 5) is 43.6. The molecule has 0 unspecified atom stereocenters. The average molecular weight is 346 g/mol. The molecule has 11 heteroatoms. The van der Waals surface area contributed by atoms with E-state index in [-0.39, 0.29) is 0 Å². The number of sulfone groups is 1. The van der Waals surface area contributed by atoms with Crippen LogP contribution in [0.5, 0.6) is 0 Å². The smallest absolute Gasteiger partial charge is 0.328 e. The van der Waals surface area contributed by atoms with Crippen LogP contribution in [-0.2, 0) is 29.0 Å². The predicted molar refractivity (Wildman–Crippen MR) is 76.1 cm³/mol. The van der Waals surface area contributed by atoms with E-state index in [1.54, 1.807) is 0 Å². The van der Waals surface area contributed by atoms with Crippen molar-refractivity contribution < 1.29 is 37.8 Å². The van der Waals surface area contributed by atoms with Crippen molar-refractivity contribution in [3.8, 4) is 0 Å². The normalized spacial score (nSPS) is 23.0. The fraction of sp³-hybridized carbons (Fsp3) is 0.333. The largest absolute Gasteiger partial charge is 0.478 e. The van der Waals surface area contributed by atoms with E-state index in [4.69, 9.17) is 10.2 Å². The first-order valence-corrected chi connectivity index (χ1v) is 8.04. The van der Waals surface area contributed by atoms with Crippen molar-refractivity contribution in [3.63, 3.8) is 0 Å². The van der Waals surface area contributed by atoms with Gasteiger partial charge in [-0.3, -0.25) is 9.59 Å². The van der Waals surface area contributed by atoms with Crippen LogP contribution in [-0.4, -0.2) is 66.0 Å². The lowest BCUT2D eigenvalue weighted by molar-refractivity contribution is -0.132. The Hall–Kier alpha value is -2.69. The van der Waals surface area contributed by atoms with Crippen LogP contribution in [0.2, 0.25) is 0 Å². The molecule has 0 aliphatic carbocycles. The Kier molecular flexibility index (Phi) is 6.02. The van der Waals surface area contributed by atoms with Gasteiger partial charge in [-0.1, -0.05) is 0 Å². The fourth-order valence-corrected chi connectivity index (χ4v) is 3.75. The van der Waals surface area contributed by atoms with Crippen LogP contribution in [0.3, 0.4) is 0 Å². The van der Waals surface area contributed by atoms with Crippen molar-refractivity contribution in [2.24, 2.45) is 0 Å². The average Bonchev–Trinajstić information content (AvgIpc) is 2.68. The molecule has 0 bridgehead atoms. The third-order valence-corrected chi connectivity index (χ3v) is 4.50. The second kappa shape index (κ2) is 7.54. The molecular weight excluding hydrogens is 332 g/mol. The minimum absolute atomic E-state index is 0.423.